The van der Waals surface area contributed by atoms with Crippen LogP contribution in [-0.4, -0.2) is 40.3 Å². The first kappa shape index (κ1) is 22.7. The molecular weight excluding hydrogens is 403 g/mol. The van der Waals surface area contributed by atoms with E-state index in [2.05, 4.69) is 5.32 Å². The lowest BCUT2D eigenvalue weighted by Crippen LogP contribution is -2.46. The number of nitrogens with one attached hydrogen (secondary N) is 1. The standard InChI is InChI=1S/C16H18Cl2N2O7/c1-3-13(22)26-8-12(19-16(23)15(17)18)14(27-9(2)21)10-4-6-11(7-5-10)20(24)25/h4-7,12,14-15H,3,8H2,1-2H3,(H,19,23)/t12-,14-/m1/s1. The minimum Gasteiger partial charge on any atom is -0.463 e. The molecule has 1 rings (SSSR count). The number of amides is 1. The van der Waals surface area contributed by atoms with Crippen LogP contribution in [0.5, 0.6) is 0 Å². The smallest absolute Gasteiger partial charge is 0.305 e. The Morgan fingerprint density at radius 3 is 2.26 bits per heavy atom. The third kappa shape index (κ3) is 7.40. The van der Waals surface area contributed by atoms with Crippen molar-refractivity contribution in [3.05, 3.63) is 39.9 Å². The molecular formula is C16H18Cl2N2O7. The molecule has 0 aromatic heterocycles. The van der Waals surface area contributed by atoms with Gasteiger partial charge < -0.3 is 14.8 Å². The molecule has 27 heavy (non-hydrogen) atoms. The van der Waals surface area contributed by atoms with Crippen LogP contribution in [0.2, 0.25) is 0 Å². The molecule has 148 valence electrons. The Kier molecular flexibility index (Phi) is 8.96. The van der Waals surface area contributed by atoms with Gasteiger partial charge in [-0.1, -0.05) is 30.1 Å². The molecule has 0 aliphatic carbocycles. The molecule has 0 radical (unpaired) electrons. The fourth-order valence-corrected chi connectivity index (χ4v) is 2.21. The van der Waals surface area contributed by atoms with E-state index in [9.17, 15) is 24.5 Å². The van der Waals surface area contributed by atoms with Gasteiger partial charge in [-0.3, -0.25) is 24.5 Å². The average Bonchev–Trinajstić information content (AvgIpc) is 2.62. The van der Waals surface area contributed by atoms with Crippen molar-refractivity contribution < 1.29 is 28.8 Å². The molecule has 0 aliphatic heterocycles. The van der Waals surface area contributed by atoms with E-state index in [1.54, 1.807) is 6.92 Å². The van der Waals surface area contributed by atoms with Crippen molar-refractivity contribution in [1.29, 1.82) is 0 Å². The molecule has 0 saturated heterocycles. The minimum absolute atomic E-state index is 0.101. The van der Waals surface area contributed by atoms with Crippen LogP contribution in [-0.2, 0) is 23.9 Å². The summed E-state index contributed by atoms with van der Waals surface area (Å²) in [6, 6.07) is 4.15. The first-order chi connectivity index (χ1) is 12.6. The second-order valence-corrected chi connectivity index (χ2v) is 6.43. The number of nitro benzene ring substituents is 1. The quantitative estimate of drug-likeness (QED) is 0.281. The number of esters is 2. The fraction of sp³-hybridized carbons (Fsp3) is 0.438. The van der Waals surface area contributed by atoms with E-state index >= 15 is 0 Å². The Morgan fingerprint density at radius 2 is 1.81 bits per heavy atom. The summed E-state index contributed by atoms with van der Waals surface area (Å²) >= 11 is 11.1. The Morgan fingerprint density at radius 1 is 1.22 bits per heavy atom. The van der Waals surface area contributed by atoms with Gasteiger partial charge in [0.1, 0.15) is 12.6 Å². The van der Waals surface area contributed by atoms with Crippen LogP contribution < -0.4 is 5.32 Å². The molecule has 0 aliphatic rings. The number of halogens is 2. The molecule has 2 atom stereocenters. The zero-order valence-corrected chi connectivity index (χ0v) is 16.0. The minimum atomic E-state index is -1.40. The summed E-state index contributed by atoms with van der Waals surface area (Å²) in [7, 11) is 0. The number of alkyl halides is 2. The second kappa shape index (κ2) is 10.7. The Balaban J connectivity index is 3.18. The lowest BCUT2D eigenvalue weighted by Gasteiger charge is -2.28. The molecule has 0 saturated carbocycles. The molecule has 11 heteroatoms. The van der Waals surface area contributed by atoms with Gasteiger partial charge >= 0.3 is 11.9 Å². The third-order valence-electron chi connectivity index (χ3n) is 3.33. The molecule has 1 aromatic rings. The summed E-state index contributed by atoms with van der Waals surface area (Å²) in [5, 5.41) is 13.2. The van der Waals surface area contributed by atoms with Crippen LogP contribution in [0.15, 0.2) is 24.3 Å². The summed E-state index contributed by atoms with van der Waals surface area (Å²) in [5.74, 6) is -1.99. The van der Waals surface area contributed by atoms with Gasteiger partial charge in [0.15, 0.2) is 10.9 Å². The Hall–Kier alpha value is -2.39. The number of carbonyl (C=O) groups excluding carboxylic acids is 3. The molecule has 9 nitrogen and oxygen atoms in total. The Bertz CT molecular complexity index is 695. The molecule has 0 spiro atoms. The summed E-state index contributed by atoms with van der Waals surface area (Å²) in [6.45, 7) is 2.42. The molecule has 0 unspecified atom stereocenters. The van der Waals surface area contributed by atoms with Crippen LogP contribution in [0.1, 0.15) is 31.9 Å². The number of nitrogens with zero attached hydrogens (tertiary/aromatic N) is 1. The van der Waals surface area contributed by atoms with Crippen molar-refractivity contribution in [3.8, 4) is 0 Å². The zero-order valence-electron chi connectivity index (χ0n) is 14.5. The number of non-ortho nitro benzene ring substituents is 1. The van der Waals surface area contributed by atoms with Gasteiger partial charge in [0.25, 0.3) is 11.6 Å². The topological polar surface area (TPSA) is 125 Å². The average molecular weight is 421 g/mol. The first-order valence-electron chi connectivity index (χ1n) is 7.81. The fourth-order valence-electron chi connectivity index (χ4n) is 2.08. The van der Waals surface area contributed by atoms with Gasteiger partial charge in [0.05, 0.1) is 4.92 Å². The lowest BCUT2D eigenvalue weighted by atomic mass is 10.0. The van der Waals surface area contributed by atoms with E-state index in [0.29, 0.717) is 5.56 Å². The van der Waals surface area contributed by atoms with Gasteiger partial charge in [0.2, 0.25) is 0 Å². The second-order valence-electron chi connectivity index (χ2n) is 5.33. The van der Waals surface area contributed by atoms with Crippen molar-refractivity contribution in [1.82, 2.24) is 5.32 Å². The van der Waals surface area contributed by atoms with Gasteiger partial charge in [-0.05, 0) is 17.7 Å². The Labute approximate surface area is 165 Å². The van der Waals surface area contributed by atoms with Crippen molar-refractivity contribution in [2.45, 2.75) is 37.3 Å². The predicted molar refractivity (Wildman–Crippen MR) is 96.3 cm³/mol. The molecule has 1 N–H and O–H groups in total. The van der Waals surface area contributed by atoms with E-state index in [0.717, 1.165) is 6.92 Å². The van der Waals surface area contributed by atoms with E-state index in [1.165, 1.54) is 24.3 Å². The molecule has 1 amide bonds. The largest absolute Gasteiger partial charge is 0.463 e. The lowest BCUT2D eigenvalue weighted by molar-refractivity contribution is -0.384. The van der Waals surface area contributed by atoms with Crippen molar-refractivity contribution >= 4 is 46.7 Å². The van der Waals surface area contributed by atoms with E-state index < -0.39 is 39.8 Å². The van der Waals surface area contributed by atoms with Gasteiger partial charge in [-0.15, -0.1) is 0 Å². The van der Waals surface area contributed by atoms with Crippen LogP contribution in [0.4, 0.5) is 5.69 Å². The first-order valence-corrected chi connectivity index (χ1v) is 8.68. The number of hydrogen-bond acceptors (Lipinski definition) is 7. The molecule has 0 heterocycles. The van der Waals surface area contributed by atoms with Crippen molar-refractivity contribution in [2.75, 3.05) is 6.61 Å². The maximum absolute atomic E-state index is 11.9. The highest BCUT2D eigenvalue weighted by molar-refractivity contribution is 6.53. The molecule has 0 bridgehead atoms. The van der Waals surface area contributed by atoms with E-state index in [4.69, 9.17) is 32.7 Å². The highest BCUT2D eigenvalue weighted by atomic mass is 35.5. The van der Waals surface area contributed by atoms with Crippen LogP contribution in [0.25, 0.3) is 0 Å². The van der Waals surface area contributed by atoms with Crippen LogP contribution >= 0.6 is 23.2 Å². The summed E-state index contributed by atoms with van der Waals surface area (Å²) in [4.78, 5) is 43.7. The summed E-state index contributed by atoms with van der Waals surface area (Å²) < 4.78 is 10.3. The van der Waals surface area contributed by atoms with E-state index in [-0.39, 0.29) is 18.7 Å². The summed E-state index contributed by atoms with van der Waals surface area (Å²) in [5.41, 5.74) is 0.175. The zero-order chi connectivity index (χ0) is 20.6. The van der Waals surface area contributed by atoms with Crippen LogP contribution in [0.3, 0.4) is 0 Å². The molecule has 1 aromatic carbocycles. The van der Waals surface area contributed by atoms with Gasteiger partial charge in [-0.25, -0.2) is 0 Å². The highest BCUT2D eigenvalue weighted by Gasteiger charge is 2.30. The number of benzene rings is 1. The van der Waals surface area contributed by atoms with Gasteiger partial charge in [0, 0.05) is 25.5 Å². The SMILES string of the molecule is CCC(=O)OC[C@@H](NC(=O)C(Cl)Cl)[C@H](OC(C)=O)c1ccc([N+](=O)[O-])cc1. The normalized spacial score (nSPS) is 12.8. The summed E-state index contributed by atoms with van der Waals surface area (Å²) in [6.07, 6.45) is -0.992. The number of rotatable bonds is 9. The van der Waals surface area contributed by atoms with Crippen LogP contribution in [0, 0.1) is 10.1 Å². The van der Waals surface area contributed by atoms with E-state index in [1.807, 2.05) is 0 Å². The number of carbonyl (C=O) groups is 3. The number of hydrogen-bond donors (Lipinski definition) is 1. The highest BCUT2D eigenvalue weighted by Crippen LogP contribution is 2.25. The third-order valence-corrected chi connectivity index (χ3v) is 3.73. The number of nitro groups is 1. The monoisotopic (exact) mass is 420 g/mol. The van der Waals surface area contributed by atoms with Crippen molar-refractivity contribution in [3.63, 3.8) is 0 Å². The predicted octanol–water partition coefficient (Wildman–Crippen LogP) is 2.44. The van der Waals surface area contributed by atoms with Gasteiger partial charge in [-0.2, -0.15) is 0 Å². The van der Waals surface area contributed by atoms with Crippen molar-refractivity contribution in [2.24, 2.45) is 0 Å². The molecule has 0 fully saturated rings. The maximum atomic E-state index is 11.9. The maximum Gasteiger partial charge on any atom is 0.305 e. The number of ether oxygens (including phenoxy) is 2.